The molecule has 5 nitrogen and oxygen atoms in total. The van der Waals surface area contributed by atoms with E-state index in [1.807, 2.05) is 0 Å². The molecule has 0 saturated carbocycles. The van der Waals surface area contributed by atoms with Crippen molar-refractivity contribution in [1.82, 2.24) is 9.97 Å². The van der Waals surface area contributed by atoms with Crippen molar-refractivity contribution in [3.05, 3.63) is 17.5 Å². The first-order valence-electron chi connectivity index (χ1n) is 4.31. The molecule has 7 heteroatoms. The number of halogens is 1. The first-order chi connectivity index (χ1) is 6.85. The number of sulfonamides is 1. The molecule has 1 aromatic rings. The predicted molar refractivity (Wildman–Crippen MR) is 59.5 cm³/mol. The van der Waals surface area contributed by atoms with Crippen LogP contribution in [0, 0.1) is 0 Å². The zero-order valence-electron chi connectivity index (χ0n) is 8.68. The lowest BCUT2D eigenvalue weighted by Gasteiger charge is -2.20. The summed E-state index contributed by atoms with van der Waals surface area (Å²) in [5, 5.41) is -0.290. The molecule has 0 atom stereocenters. The van der Waals surface area contributed by atoms with Crippen LogP contribution in [-0.2, 0) is 10.0 Å². The maximum Gasteiger partial charge on any atom is 0.238 e. The summed E-state index contributed by atoms with van der Waals surface area (Å²) in [7, 11) is -1.92. The Labute approximate surface area is 94.2 Å². The van der Waals surface area contributed by atoms with Crippen LogP contribution < -0.4 is 4.31 Å². The molecular weight excluding hydrogens is 238 g/mol. The summed E-state index contributed by atoms with van der Waals surface area (Å²) >= 11 is 5.65. The third kappa shape index (κ3) is 2.57. The van der Waals surface area contributed by atoms with Gasteiger partial charge >= 0.3 is 0 Å². The number of aromatic nitrogens is 2. The quantitative estimate of drug-likeness (QED) is 0.758. The second kappa shape index (κ2) is 4.32. The monoisotopic (exact) mass is 249 g/mol. The molecular formula is C8H12ClN3O2S. The van der Waals surface area contributed by atoms with Crippen LogP contribution in [0.5, 0.6) is 0 Å². The lowest BCUT2D eigenvalue weighted by molar-refractivity contribution is 0.585. The molecule has 0 radical (unpaired) electrons. The predicted octanol–water partition coefficient (Wildman–Crippen LogP) is 1.30. The van der Waals surface area contributed by atoms with Crippen molar-refractivity contribution in [1.29, 1.82) is 0 Å². The Morgan fingerprint density at radius 3 is 2.47 bits per heavy atom. The van der Waals surface area contributed by atoms with Crippen LogP contribution in [0.3, 0.4) is 0 Å². The van der Waals surface area contributed by atoms with Crippen molar-refractivity contribution in [2.75, 3.05) is 11.4 Å². The number of anilines is 1. The summed E-state index contributed by atoms with van der Waals surface area (Å²) in [6.07, 6.45) is 1.23. The minimum atomic E-state index is -3.36. The van der Waals surface area contributed by atoms with Gasteiger partial charge in [0.1, 0.15) is 17.3 Å². The fraction of sp³-hybridized carbons (Fsp3) is 0.500. The SMILES string of the molecule is CC(C)S(=O)(=O)N(C)c1cc(Cl)ncn1. The fourth-order valence-electron chi connectivity index (χ4n) is 0.943. The molecule has 0 amide bonds. The van der Waals surface area contributed by atoms with Gasteiger partial charge in [-0.3, -0.25) is 4.31 Å². The molecule has 15 heavy (non-hydrogen) atoms. The maximum atomic E-state index is 11.8. The van der Waals surface area contributed by atoms with Crippen LogP contribution in [0.15, 0.2) is 12.4 Å². The fourth-order valence-corrected chi connectivity index (χ4v) is 2.08. The summed E-state index contributed by atoms with van der Waals surface area (Å²) in [6, 6.07) is 1.40. The summed E-state index contributed by atoms with van der Waals surface area (Å²) in [4.78, 5) is 7.52. The van der Waals surface area contributed by atoms with Gasteiger partial charge in [-0.05, 0) is 13.8 Å². The van der Waals surface area contributed by atoms with Crippen LogP contribution in [0.2, 0.25) is 5.15 Å². The van der Waals surface area contributed by atoms with E-state index in [9.17, 15) is 8.42 Å². The number of hydrogen-bond acceptors (Lipinski definition) is 4. The van der Waals surface area contributed by atoms with E-state index < -0.39 is 15.3 Å². The molecule has 0 aliphatic heterocycles. The van der Waals surface area contributed by atoms with Crippen molar-refractivity contribution in [2.24, 2.45) is 0 Å². The van der Waals surface area contributed by atoms with Gasteiger partial charge in [0.05, 0.1) is 5.25 Å². The lowest BCUT2D eigenvalue weighted by Crippen LogP contribution is -2.33. The van der Waals surface area contributed by atoms with E-state index in [1.165, 1.54) is 19.4 Å². The largest absolute Gasteiger partial charge is 0.257 e. The van der Waals surface area contributed by atoms with Gasteiger partial charge in [-0.25, -0.2) is 18.4 Å². The molecule has 0 aliphatic rings. The van der Waals surface area contributed by atoms with Crippen LogP contribution in [0.25, 0.3) is 0 Å². The zero-order valence-corrected chi connectivity index (χ0v) is 10.2. The average Bonchev–Trinajstić information content (AvgIpc) is 2.16. The standard InChI is InChI=1S/C8H12ClN3O2S/c1-6(2)15(13,14)12(3)8-4-7(9)10-5-11-8/h4-6H,1-3H3. The van der Waals surface area contributed by atoms with E-state index in [-0.39, 0.29) is 11.0 Å². The van der Waals surface area contributed by atoms with Gasteiger partial charge in [-0.15, -0.1) is 0 Å². The molecule has 0 unspecified atom stereocenters. The lowest BCUT2D eigenvalue weighted by atomic mass is 10.6. The van der Waals surface area contributed by atoms with Crippen molar-refractivity contribution < 1.29 is 8.42 Å². The van der Waals surface area contributed by atoms with Crippen LogP contribution >= 0.6 is 11.6 Å². The average molecular weight is 250 g/mol. The van der Waals surface area contributed by atoms with Gasteiger partial charge in [0.25, 0.3) is 0 Å². The maximum absolute atomic E-state index is 11.8. The highest BCUT2D eigenvalue weighted by Gasteiger charge is 2.23. The Morgan fingerprint density at radius 1 is 1.40 bits per heavy atom. The van der Waals surface area contributed by atoms with Crippen molar-refractivity contribution in [2.45, 2.75) is 19.1 Å². The number of nitrogens with zero attached hydrogens (tertiary/aromatic N) is 3. The smallest absolute Gasteiger partial charge is 0.238 e. The molecule has 84 valence electrons. The van der Waals surface area contributed by atoms with E-state index in [2.05, 4.69) is 9.97 Å². The topological polar surface area (TPSA) is 63.2 Å². The molecule has 0 saturated heterocycles. The Hall–Kier alpha value is -0.880. The van der Waals surface area contributed by atoms with Crippen molar-refractivity contribution in [3.63, 3.8) is 0 Å². The Morgan fingerprint density at radius 2 is 2.00 bits per heavy atom. The molecule has 0 spiro atoms. The number of hydrogen-bond donors (Lipinski definition) is 0. The first kappa shape index (κ1) is 12.2. The van der Waals surface area contributed by atoms with E-state index in [0.717, 1.165) is 4.31 Å². The second-order valence-electron chi connectivity index (χ2n) is 3.26. The molecule has 0 bridgehead atoms. The van der Waals surface area contributed by atoms with Crippen LogP contribution in [0.1, 0.15) is 13.8 Å². The second-order valence-corrected chi connectivity index (χ2v) is 6.17. The van der Waals surface area contributed by atoms with Crippen molar-refractivity contribution >= 4 is 27.4 Å². The van der Waals surface area contributed by atoms with Gasteiger partial charge in [0, 0.05) is 13.1 Å². The zero-order chi connectivity index (χ0) is 11.6. The molecule has 1 heterocycles. The molecule has 0 fully saturated rings. The summed E-state index contributed by atoms with van der Waals surface area (Å²) in [5.41, 5.74) is 0. The molecule has 0 aliphatic carbocycles. The number of rotatable bonds is 3. The summed E-state index contributed by atoms with van der Waals surface area (Å²) < 4.78 is 24.6. The minimum Gasteiger partial charge on any atom is -0.257 e. The van der Waals surface area contributed by atoms with Gasteiger partial charge in [-0.2, -0.15) is 0 Å². The first-order valence-corrected chi connectivity index (χ1v) is 6.19. The van der Waals surface area contributed by atoms with E-state index in [1.54, 1.807) is 13.8 Å². The molecule has 0 aromatic carbocycles. The highest BCUT2D eigenvalue weighted by Crippen LogP contribution is 2.17. The van der Waals surface area contributed by atoms with Gasteiger partial charge < -0.3 is 0 Å². The Bertz CT molecular complexity index is 447. The molecule has 1 rings (SSSR count). The third-order valence-corrected chi connectivity index (χ3v) is 4.27. The van der Waals surface area contributed by atoms with Gasteiger partial charge in [0.2, 0.25) is 10.0 Å². The highest BCUT2D eigenvalue weighted by molar-refractivity contribution is 7.93. The third-order valence-electron chi connectivity index (χ3n) is 1.92. The molecule has 1 aromatic heterocycles. The Kier molecular flexibility index (Phi) is 3.51. The minimum absolute atomic E-state index is 0.214. The van der Waals surface area contributed by atoms with Crippen LogP contribution in [-0.4, -0.2) is 30.7 Å². The summed E-state index contributed by atoms with van der Waals surface area (Å²) in [5.74, 6) is 0.267. The van der Waals surface area contributed by atoms with Crippen molar-refractivity contribution in [3.8, 4) is 0 Å². The van der Waals surface area contributed by atoms with E-state index in [0.29, 0.717) is 0 Å². The highest BCUT2D eigenvalue weighted by atomic mass is 35.5. The normalized spacial score (nSPS) is 11.8. The molecule has 0 N–H and O–H groups in total. The van der Waals surface area contributed by atoms with E-state index in [4.69, 9.17) is 11.6 Å². The summed E-state index contributed by atoms with van der Waals surface area (Å²) in [6.45, 7) is 3.21. The van der Waals surface area contributed by atoms with Gasteiger partial charge in [-0.1, -0.05) is 11.6 Å². The van der Waals surface area contributed by atoms with Crippen LogP contribution in [0.4, 0.5) is 5.82 Å². The van der Waals surface area contributed by atoms with E-state index >= 15 is 0 Å². The Balaban J connectivity index is 3.10. The van der Waals surface area contributed by atoms with Gasteiger partial charge in [0.15, 0.2) is 0 Å².